The zero-order valence-corrected chi connectivity index (χ0v) is 14.0. The Morgan fingerprint density at radius 2 is 2.04 bits per heavy atom. The van der Waals surface area contributed by atoms with Crippen molar-refractivity contribution in [1.82, 2.24) is 19.5 Å². The van der Waals surface area contributed by atoms with Gasteiger partial charge < -0.3 is 25.8 Å². The molecule has 9 heteroatoms. The van der Waals surface area contributed by atoms with Crippen molar-refractivity contribution < 1.29 is 20.1 Å². The number of nitrogen functional groups attached to an aromatic ring is 1. The summed E-state index contributed by atoms with van der Waals surface area (Å²) in [5.74, 6) is 0.681. The van der Waals surface area contributed by atoms with E-state index in [9.17, 15) is 15.3 Å². The molecule has 0 bridgehead atoms. The Labute approximate surface area is 148 Å². The van der Waals surface area contributed by atoms with E-state index in [0.717, 1.165) is 11.1 Å². The zero-order chi connectivity index (χ0) is 18.4. The van der Waals surface area contributed by atoms with Crippen LogP contribution >= 0.6 is 0 Å². The van der Waals surface area contributed by atoms with Gasteiger partial charge in [-0.1, -0.05) is 23.8 Å². The number of imidazole rings is 1. The molecule has 4 unspecified atom stereocenters. The van der Waals surface area contributed by atoms with Gasteiger partial charge in [0.2, 0.25) is 0 Å². The molecule has 4 atom stereocenters. The molecule has 0 saturated carbocycles. The number of ether oxygens (including phenoxy) is 1. The molecule has 2 aromatic heterocycles. The molecule has 1 aliphatic heterocycles. The summed E-state index contributed by atoms with van der Waals surface area (Å²) in [4.78, 5) is 12.8. The fraction of sp³-hybridized carbons (Fsp3) is 0.353. The molecular formula is C17H19N5O4. The Kier molecular flexibility index (Phi) is 4.08. The molecule has 26 heavy (non-hydrogen) atoms. The average molecular weight is 357 g/mol. The van der Waals surface area contributed by atoms with Gasteiger partial charge in [0, 0.05) is 5.56 Å². The van der Waals surface area contributed by atoms with Gasteiger partial charge in [-0.15, -0.1) is 0 Å². The van der Waals surface area contributed by atoms with E-state index < -0.39 is 31.1 Å². The van der Waals surface area contributed by atoms with E-state index in [1.165, 1.54) is 6.33 Å². The molecule has 1 saturated heterocycles. The lowest BCUT2D eigenvalue weighted by Gasteiger charge is -2.19. The molecular weight excluding hydrogens is 338 g/mol. The second-order valence-electron chi connectivity index (χ2n) is 6.33. The molecule has 3 heterocycles. The number of hydrogen-bond acceptors (Lipinski definition) is 8. The van der Waals surface area contributed by atoms with Crippen LogP contribution in [0, 0.1) is 6.92 Å². The van der Waals surface area contributed by atoms with Gasteiger partial charge >= 0.3 is 0 Å². The number of hydrogen-bond donors (Lipinski definition) is 4. The van der Waals surface area contributed by atoms with Crippen LogP contribution < -0.4 is 5.73 Å². The van der Waals surface area contributed by atoms with Gasteiger partial charge in [-0.2, -0.15) is 0 Å². The molecule has 5 N–H and O–H groups in total. The minimum Gasteiger partial charge on any atom is -0.394 e. The van der Waals surface area contributed by atoms with Gasteiger partial charge in [0.15, 0.2) is 23.2 Å². The fourth-order valence-corrected chi connectivity index (χ4v) is 3.25. The topological polar surface area (TPSA) is 140 Å². The SMILES string of the molecule is Cc1cccc(-c2nc3c(N)ncnc3n2C2OC(CO)C(O)C2O)c1. The summed E-state index contributed by atoms with van der Waals surface area (Å²) in [6.45, 7) is 1.54. The minimum atomic E-state index is -1.26. The second-order valence-corrected chi connectivity index (χ2v) is 6.33. The van der Waals surface area contributed by atoms with E-state index in [0.29, 0.717) is 17.0 Å². The van der Waals surface area contributed by atoms with E-state index in [-0.39, 0.29) is 5.82 Å². The third kappa shape index (κ3) is 2.53. The Morgan fingerprint density at radius 3 is 2.73 bits per heavy atom. The highest BCUT2D eigenvalue weighted by atomic mass is 16.6. The zero-order valence-electron chi connectivity index (χ0n) is 14.0. The quantitative estimate of drug-likeness (QED) is 0.513. The highest BCUT2D eigenvalue weighted by Crippen LogP contribution is 2.36. The van der Waals surface area contributed by atoms with E-state index in [1.54, 1.807) is 4.57 Å². The predicted octanol–water partition coefficient (Wildman–Crippen LogP) is -0.00458. The number of aryl methyl sites for hydroxylation is 1. The number of benzene rings is 1. The van der Waals surface area contributed by atoms with E-state index in [4.69, 9.17) is 10.5 Å². The van der Waals surface area contributed by atoms with Crippen molar-refractivity contribution in [2.45, 2.75) is 31.5 Å². The largest absolute Gasteiger partial charge is 0.394 e. The lowest BCUT2D eigenvalue weighted by atomic mass is 10.1. The van der Waals surface area contributed by atoms with Crippen LogP contribution in [0.4, 0.5) is 5.82 Å². The smallest absolute Gasteiger partial charge is 0.168 e. The molecule has 1 aliphatic rings. The van der Waals surface area contributed by atoms with Crippen molar-refractivity contribution in [3.63, 3.8) is 0 Å². The maximum Gasteiger partial charge on any atom is 0.168 e. The van der Waals surface area contributed by atoms with Gasteiger partial charge in [0.25, 0.3) is 0 Å². The van der Waals surface area contributed by atoms with Crippen LogP contribution in [0.25, 0.3) is 22.6 Å². The van der Waals surface area contributed by atoms with E-state index in [2.05, 4.69) is 15.0 Å². The molecule has 9 nitrogen and oxygen atoms in total. The Morgan fingerprint density at radius 1 is 1.23 bits per heavy atom. The summed E-state index contributed by atoms with van der Waals surface area (Å²) < 4.78 is 7.28. The van der Waals surface area contributed by atoms with Crippen LogP contribution in [0.2, 0.25) is 0 Å². The molecule has 4 rings (SSSR count). The van der Waals surface area contributed by atoms with Crippen molar-refractivity contribution in [3.05, 3.63) is 36.2 Å². The van der Waals surface area contributed by atoms with Crippen molar-refractivity contribution >= 4 is 17.0 Å². The van der Waals surface area contributed by atoms with Crippen LogP contribution in [0.1, 0.15) is 11.8 Å². The molecule has 1 fully saturated rings. The lowest BCUT2D eigenvalue weighted by Crippen LogP contribution is -2.33. The molecule has 0 spiro atoms. The molecule has 1 aromatic carbocycles. The molecule has 136 valence electrons. The summed E-state index contributed by atoms with van der Waals surface area (Å²) in [5.41, 5.74) is 8.50. The van der Waals surface area contributed by atoms with Crippen LogP contribution in [-0.4, -0.2) is 59.8 Å². The standard InChI is InChI=1S/C17H19N5O4/c1-8-3-2-4-9(5-8)15-21-11-14(18)19-7-20-16(11)22(15)17-13(25)12(24)10(6-23)26-17/h2-5,7,10,12-13,17,23-25H,6H2,1H3,(H2,18,19,20). The third-order valence-electron chi connectivity index (χ3n) is 4.55. The highest BCUT2D eigenvalue weighted by Gasteiger charge is 2.45. The fourth-order valence-electron chi connectivity index (χ4n) is 3.25. The maximum absolute atomic E-state index is 10.5. The van der Waals surface area contributed by atoms with Crippen molar-refractivity contribution in [1.29, 1.82) is 0 Å². The molecule has 0 aliphatic carbocycles. The predicted molar refractivity (Wildman–Crippen MR) is 92.9 cm³/mol. The highest BCUT2D eigenvalue weighted by molar-refractivity contribution is 5.85. The lowest BCUT2D eigenvalue weighted by molar-refractivity contribution is -0.0503. The Bertz CT molecular complexity index is 959. The van der Waals surface area contributed by atoms with Crippen molar-refractivity contribution in [2.24, 2.45) is 0 Å². The summed E-state index contributed by atoms with van der Waals surface area (Å²) in [6.07, 6.45) is -3.07. The first-order valence-corrected chi connectivity index (χ1v) is 8.19. The van der Waals surface area contributed by atoms with Gasteiger partial charge in [0.1, 0.15) is 30.5 Å². The summed E-state index contributed by atoms with van der Waals surface area (Å²) in [7, 11) is 0. The van der Waals surface area contributed by atoms with Crippen molar-refractivity contribution in [2.75, 3.05) is 12.3 Å². The number of aliphatic hydroxyl groups is 3. The summed E-state index contributed by atoms with van der Waals surface area (Å²) in [5, 5.41) is 30.0. The Hall–Kier alpha value is -2.59. The van der Waals surface area contributed by atoms with Crippen LogP contribution in [0.3, 0.4) is 0 Å². The van der Waals surface area contributed by atoms with Gasteiger partial charge in [-0.25, -0.2) is 15.0 Å². The first-order valence-electron chi connectivity index (χ1n) is 8.19. The minimum absolute atomic E-state index is 0.203. The summed E-state index contributed by atoms with van der Waals surface area (Å²) in [6, 6.07) is 7.65. The van der Waals surface area contributed by atoms with Gasteiger partial charge in [-0.3, -0.25) is 4.57 Å². The maximum atomic E-state index is 10.5. The molecule has 3 aromatic rings. The average Bonchev–Trinajstić information content (AvgIpc) is 3.14. The number of rotatable bonds is 3. The van der Waals surface area contributed by atoms with Crippen molar-refractivity contribution in [3.8, 4) is 11.4 Å². The van der Waals surface area contributed by atoms with Crippen LogP contribution in [0.5, 0.6) is 0 Å². The molecule has 0 radical (unpaired) electrons. The van der Waals surface area contributed by atoms with Crippen LogP contribution in [0.15, 0.2) is 30.6 Å². The first-order chi connectivity index (χ1) is 12.5. The van der Waals surface area contributed by atoms with E-state index >= 15 is 0 Å². The number of aromatic nitrogens is 4. The Balaban J connectivity index is 1.95. The third-order valence-corrected chi connectivity index (χ3v) is 4.55. The number of aliphatic hydroxyl groups excluding tert-OH is 3. The number of fused-ring (bicyclic) bond motifs is 1. The number of anilines is 1. The normalized spacial score (nSPS) is 25.8. The van der Waals surface area contributed by atoms with Gasteiger partial charge in [0.05, 0.1) is 6.61 Å². The van der Waals surface area contributed by atoms with E-state index in [1.807, 2.05) is 31.2 Å². The van der Waals surface area contributed by atoms with Gasteiger partial charge in [-0.05, 0) is 13.0 Å². The number of nitrogens with zero attached hydrogens (tertiary/aromatic N) is 4. The number of nitrogens with two attached hydrogens (primary N) is 1. The first kappa shape index (κ1) is 16.9. The second kappa shape index (κ2) is 6.29. The molecule has 0 amide bonds. The summed E-state index contributed by atoms with van der Waals surface area (Å²) >= 11 is 0. The monoisotopic (exact) mass is 357 g/mol. The van der Waals surface area contributed by atoms with Crippen LogP contribution in [-0.2, 0) is 4.74 Å².